The second-order valence-corrected chi connectivity index (χ2v) is 4.81. The van der Waals surface area contributed by atoms with E-state index in [2.05, 4.69) is 20.9 Å². The van der Waals surface area contributed by atoms with E-state index in [1.165, 1.54) is 0 Å². The average molecular weight is 278 g/mol. The SMILES string of the molecule is CCNC(=O)c1ccc(N[C@H]2CNCC[C@H]2OC)nc1. The van der Waals surface area contributed by atoms with Crippen LogP contribution < -0.4 is 16.0 Å². The molecule has 20 heavy (non-hydrogen) atoms. The number of amides is 1. The maximum atomic E-state index is 11.6. The molecule has 2 rings (SSSR count). The van der Waals surface area contributed by atoms with Gasteiger partial charge in [-0.2, -0.15) is 0 Å². The summed E-state index contributed by atoms with van der Waals surface area (Å²) in [7, 11) is 1.73. The van der Waals surface area contributed by atoms with Gasteiger partial charge in [-0.1, -0.05) is 0 Å². The number of aromatic nitrogens is 1. The number of nitrogens with zero attached hydrogens (tertiary/aromatic N) is 1. The van der Waals surface area contributed by atoms with Crippen LogP contribution in [0.15, 0.2) is 18.3 Å². The molecular weight excluding hydrogens is 256 g/mol. The van der Waals surface area contributed by atoms with Crippen LogP contribution in [0.3, 0.4) is 0 Å². The molecule has 3 N–H and O–H groups in total. The van der Waals surface area contributed by atoms with E-state index >= 15 is 0 Å². The van der Waals surface area contributed by atoms with Crippen molar-refractivity contribution in [2.24, 2.45) is 0 Å². The standard InChI is InChI=1S/C14H22N4O2/c1-3-16-14(19)10-4-5-13(17-8-10)18-11-9-15-7-6-12(11)20-2/h4-5,8,11-12,15H,3,6-7,9H2,1-2H3,(H,16,19)(H,17,18)/t11-,12+/m0/s1. The second-order valence-electron chi connectivity index (χ2n) is 4.81. The molecule has 0 bridgehead atoms. The van der Waals surface area contributed by atoms with Crippen molar-refractivity contribution in [2.75, 3.05) is 32.1 Å². The maximum Gasteiger partial charge on any atom is 0.252 e. The van der Waals surface area contributed by atoms with Crippen LogP contribution in [0.25, 0.3) is 0 Å². The fraction of sp³-hybridized carbons (Fsp3) is 0.571. The summed E-state index contributed by atoms with van der Waals surface area (Å²) in [6.45, 7) is 4.32. The Bertz CT molecular complexity index is 435. The van der Waals surface area contributed by atoms with Crippen LogP contribution in [-0.2, 0) is 4.74 Å². The van der Waals surface area contributed by atoms with E-state index in [1.54, 1.807) is 19.4 Å². The number of piperidine rings is 1. The maximum absolute atomic E-state index is 11.6. The lowest BCUT2D eigenvalue weighted by Gasteiger charge is -2.32. The van der Waals surface area contributed by atoms with Gasteiger partial charge in [-0.15, -0.1) is 0 Å². The number of carbonyl (C=O) groups is 1. The number of pyridine rings is 1. The van der Waals surface area contributed by atoms with Crippen molar-refractivity contribution in [2.45, 2.75) is 25.5 Å². The summed E-state index contributed by atoms with van der Waals surface area (Å²) in [4.78, 5) is 15.9. The highest BCUT2D eigenvalue weighted by atomic mass is 16.5. The predicted molar refractivity (Wildman–Crippen MR) is 77.9 cm³/mol. The number of nitrogens with one attached hydrogen (secondary N) is 3. The van der Waals surface area contributed by atoms with Gasteiger partial charge >= 0.3 is 0 Å². The molecule has 0 aliphatic carbocycles. The summed E-state index contributed by atoms with van der Waals surface area (Å²) in [6, 6.07) is 3.79. The molecule has 1 fully saturated rings. The monoisotopic (exact) mass is 278 g/mol. The first-order valence-corrected chi connectivity index (χ1v) is 6.99. The number of carbonyl (C=O) groups excluding carboxylic acids is 1. The smallest absolute Gasteiger partial charge is 0.252 e. The lowest BCUT2D eigenvalue weighted by molar-refractivity contribution is 0.0664. The lowest BCUT2D eigenvalue weighted by Crippen LogP contribution is -2.49. The molecule has 1 amide bonds. The van der Waals surface area contributed by atoms with Gasteiger partial charge in [-0.3, -0.25) is 4.79 Å². The summed E-state index contributed by atoms with van der Waals surface area (Å²) < 4.78 is 5.48. The highest BCUT2D eigenvalue weighted by molar-refractivity contribution is 5.93. The lowest BCUT2D eigenvalue weighted by atomic mass is 10.0. The molecular formula is C14H22N4O2. The molecule has 1 saturated heterocycles. The second kappa shape index (κ2) is 7.21. The Balaban J connectivity index is 1.97. The summed E-state index contributed by atoms with van der Waals surface area (Å²) in [6.07, 6.45) is 2.75. The number of rotatable bonds is 5. The van der Waals surface area contributed by atoms with Crippen LogP contribution in [0.4, 0.5) is 5.82 Å². The summed E-state index contributed by atoms with van der Waals surface area (Å²) in [5.74, 6) is 0.662. The minimum atomic E-state index is -0.0966. The minimum Gasteiger partial charge on any atom is -0.379 e. The molecule has 110 valence electrons. The predicted octanol–water partition coefficient (Wildman–Crippen LogP) is 0.620. The van der Waals surface area contributed by atoms with Crippen LogP contribution in [0.2, 0.25) is 0 Å². The van der Waals surface area contributed by atoms with Crippen LogP contribution in [0.5, 0.6) is 0 Å². The number of hydrogen-bond acceptors (Lipinski definition) is 5. The zero-order chi connectivity index (χ0) is 14.4. The van der Waals surface area contributed by atoms with Crippen LogP contribution in [-0.4, -0.2) is 49.8 Å². The largest absolute Gasteiger partial charge is 0.379 e. The molecule has 1 aliphatic heterocycles. The van der Waals surface area contributed by atoms with Crippen LogP contribution in [0, 0.1) is 0 Å². The first-order valence-electron chi connectivity index (χ1n) is 6.99. The van der Waals surface area contributed by atoms with Crippen molar-refractivity contribution < 1.29 is 9.53 Å². The average Bonchev–Trinajstić information content (AvgIpc) is 2.49. The van der Waals surface area contributed by atoms with E-state index in [9.17, 15) is 4.79 Å². The number of hydrogen-bond donors (Lipinski definition) is 3. The Morgan fingerprint density at radius 2 is 2.40 bits per heavy atom. The van der Waals surface area contributed by atoms with Gasteiger partial charge in [-0.25, -0.2) is 4.98 Å². The third-order valence-electron chi connectivity index (χ3n) is 3.42. The fourth-order valence-electron chi connectivity index (χ4n) is 2.33. The highest BCUT2D eigenvalue weighted by Crippen LogP contribution is 2.13. The quantitative estimate of drug-likeness (QED) is 0.736. The Morgan fingerprint density at radius 1 is 1.55 bits per heavy atom. The van der Waals surface area contributed by atoms with Gasteiger partial charge in [0.25, 0.3) is 5.91 Å². The van der Waals surface area contributed by atoms with Crippen LogP contribution >= 0.6 is 0 Å². The van der Waals surface area contributed by atoms with E-state index in [4.69, 9.17) is 4.74 Å². The Labute approximate surface area is 119 Å². The molecule has 6 nitrogen and oxygen atoms in total. The van der Waals surface area contributed by atoms with Crippen molar-refractivity contribution >= 4 is 11.7 Å². The van der Waals surface area contributed by atoms with Crippen molar-refractivity contribution in [3.63, 3.8) is 0 Å². The van der Waals surface area contributed by atoms with Crippen molar-refractivity contribution in [1.82, 2.24) is 15.6 Å². The number of anilines is 1. The van der Waals surface area contributed by atoms with Gasteiger partial charge in [0, 0.05) is 26.4 Å². The summed E-state index contributed by atoms with van der Waals surface area (Å²) >= 11 is 0. The fourth-order valence-corrected chi connectivity index (χ4v) is 2.33. The highest BCUT2D eigenvalue weighted by Gasteiger charge is 2.24. The van der Waals surface area contributed by atoms with Gasteiger partial charge in [0.2, 0.25) is 0 Å². The van der Waals surface area contributed by atoms with Crippen molar-refractivity contribution in [1.29, 1.82) is 0 Å². The molecule has 0 spiro atoms. The third kappa shape index (κ3) is 3.68. The molecule has 2 heterocycles. The minimum absolute atomic E-state index is 0.0966. The van der Waals surface area contributed by atoms with E-state index in [1.807, 2.05) is 13.0 Å². The molecule has 2 atom stereocenters. The first kappa shape index (κ1) is 14.7. The van der Waals surface area contributed by atoms with Gasteiger partial charge in [0.15, 0.2) is 0 Å². The Morgan fingerprint density at radius 3 is 3.05 bits per heavy atom. The number of ether oxygens (including phenoxy) is 1. The van der Waals surface area contributed by atoms with Crippen LogP contribution in [0.1, 0.15) is 23.7 Å². The topological polar surface area (TPSA) is 75.3 Å². The summed E-state index contributed by atoms with van der Waals surface area (Å²) in [5.41, 5.74) is 0.572. The third-order valence-corrected chi connectivity index (χ3v) is 3.42. The van der Waals surface area contributed by atoms with Gasteiger partial charge in [-0.05, 0) is 32.0 Å². The molecule has 0 aromatic carbocycles. The van der Waals surface area contributed by atoms with Gasteiger partial charge < -0.3 is 20.7 Å². The summed E-state index contributed by atoms with van der Waals surface area (Å²) in [5, 5.41) is 9.43. The molecule has 0 radical (unpaired) electrons. The molecule has 1 aromatic rings. The zero-order valence-corrected chi connectivity index (χ0v) is 12.0. The van der Waals surface area contributed by atoms with E-state index in [0.29, 0.717) is 12.1 Å². The van der Waals surface area contributed by atoms with Crippen molar-refractivity contribution in [3.05, 3.63) is 23.9 Å². The van der Waals surface area contributed by atoms with E-state index < -0.39 is 0 Å². The Kier molecular flexibility index (Phi) is 5.31. The molecule has 1 aliphatic rings. The number of methoxy groups -OCH3 is 1. The molecule has 0 saturated carbocycles. The zero-order valence-electron chi connectivity index (χ0n) is 12.0. The van der Waals surface area contributed by atoms with Crippen molar-refractivity contribution in [3.8, 4) is 0 Å². The molecule has 6 heteroatoms. The van der Waals surface area contributed by atoms with E-state index in [0.717, 1.165) is 25.3 Å². The normalized spacial score (nSPS) is 22.3. The van der Waals surface area contributed by atoms with E-state index in [-0.39, 0.29) is 18.1 Å². The molecule has 1 aromatic heterocycles. The first-order chi connectivity index (χ1) is 9.74. The van der Waals surface area contributed by atoms with Gasteiger partial charge in [0.05, 0.1) is 17.7 Å². The Hall–Kier alpha value is -1.66. The van der Waals surface area contributed by atoms with Gasteiger partial charge in [0.1, 0.15) is 5.82 Å². The molecule has 0 unspecified atom stereocenters.